The van der Waals surface area contributed by atoms with Gasteiger partial charge in [0.15, 0.2) is 0 Å². The molecule has 0 aliphatic rings. The molecule has 2 aromatic rings. The maximum atomic E-state index is 11.4. The predicted octanol–water partition coefficient (Wildman–Crippen LogP) is 7.75. The average Bonchev–Trinajstić information content (AvgIpc) is 2.68. The molecule has 212 valence electrons. The van der Waals surface area contributed by atoms with E-state index in [2.05, 4.69) is 35.3 Å². The quantitative estimate of drug-likeness (QED) is 0.0904. The standard InChI is InChI=1S/C11H15NO2S.C10H18O5.C6H7NS/c1-11(2,3)14-10(13)12-8-4-6-9(15)7-5-8;1-9(2,3)14-7(11)13-8(12)15-10(4,5)6;7-5-1-3-6(8)4-2-5/h4-7,15H,1-3H3,(H,12,13);1-6H3;1-4,8H,7H2. The number of nitrogens with two attached hydrogens (primary N) is 1. The van der Waals surface area contributed by atoms with Crippen LogP contribution in [-0.2, 0) is 18.9 Å². The van der Waals surface area contributed by atoms with Crippen molar-refractivity contribution in [3.63, 3.8) is 0 Å². The van der Waals surface area contributed by atoms with Gasteiger partial charge in [-0.05, 0) is 111 Å². The summed E-state index contributed by atoms with van der Waals surface area (Å²) < 4.78 is 18.9. The molecule has 0 heterocycles. The molecule has 2 rings (SSSR count). The Morgan fingerprint density at radius 1 is 0.632 bits per heavy atom. The van der Waals surface area contributed by atoms with Gasteiger partial charge in [0.2, 0.25) is 0 Å². The van der Waals surface area contributed by atoms with Crippen molar-refractivity contribution < 1.29 is 33.3 Å². The van der Waals surface area contributed by atoms with Crippen molar-refractivity contribution in [3.8, 4) is 0 Å². The normalized spacial score (nSPS) is 10.9. The zero-order valence-electron chi connectivity index (χ0n) is 23.4. The molecule has 2 aromatic carbocycles. The van der Waals surface area contributed by atoms with E-state index in [-0.39, 0.29) is 0 Å². The van der Waals surface area contributed by atoms with E-state index in [4.69, 9.17) is 19.9 Å². The maximum absolute atomic E-state index is 11.4. The lowest BCUT2D eigenvalue weighted by atomic mass is 10.2. The van der Waals surface area contributed by atoms with Crippen LogP contribution < -0.4 is 11.1 Å². The Hall–Kier alpha value is -3.05. The maximum Gasteiger partial charge on any atom is 0.519 e. The first kappa shape index (κ1) is 35.0. The van der Waals surface area contributed by atoms with Crippen LogP contribution in [0.3, 0.4) is 0 Å². The molecule has 11 heteroatoms. The second-order valence-electron chi connectivity index (χ2n) is 10.8. The zero-order valence-corrected chi connectivity index (χ0v) is 25.2. The monoisotopic (exact) mass is 568 g/mol. The zero-order chi connectivity index (χ0) is 29.7. The van der Waals surface area contributed by atoms with Crippen LogP contribution >= 0.6 is 25.3 Å². The van der Waals surface area contributed by atoms with E-state index in [1.165, 1.54) is 0 Å². The highest BCUT2D eigenvalue weighted by molar-refractivity contribution is 7.80. The highest BCUT2D eigenvalue weighted by atomic mass is 32.1. The number of hydrogen-bond donors (Lipinski definition) is 4. The Kier molecular flexibility index (Phi) is 14.1. The van der Waals surface area contributed by atoms with Gasteiger partial charge in [0, 0.05) is 21.2 Å². The van der Waals surface area contributed by atoms with Crippen molar-refractivity contribution in [3.05, 3.63) is 48.5 Å². The molecule has 0 atom stereocenters. The topological polar surface area (TPSA) is 126 Å². The van der Waals surface area contributed by atoms with Gasteiger partial charge in [0.1, 0.15) is 16.8 Å². The van der Waals surface area contributed by atoms with Gasteiger partial charge in [-0.1, -0.05) is 0 Å². The van der Waals surface area contributed by atoms with Crippen LogP contribution in [0.5, 0.6) is 0 Å². The Bertz CT molecular complexity index is 975. The van der Waals surface area contributed by atoms with Crippen LogP contribution in [0, 0.1) is 0 Å². The summed E-state index contributed by atoms with van der Waals surface area (Å²) in [4.78, 5) is 35.2. The van der Waals surface area contributed by atoms with Crippen molar-refractivity contribution in [2.75, 3.05) is 11.1 Å². The molecule has 0 aliphatic carbocycles. The number of benzene rings is 2. The molecule has 0 saturated heterocycles. The molecular formula is C27H40N2O7S2. The van der Waals surface area contributed by atoms with Crippen LogP contribution in [0.25, 0.3) is 0 Å². The minimum atomic E-state index is -1.06. The summed E-state index contributed by atoms with van der Waals surface area (Å²) >= 11 is 8.22. The largest absolute Gasteiger partial charge is 0.519 e. The molecule has 0 radical (unpaired) electrons. The molecule has 0 unspecified atom stereocenters. The summed E-state index contributed by atoms with van der Waals surface area (Å²) in [6, 6.07) is 14.5. The summed E-state index contributed by atoms with van der Waals surface area (Å²) in [5.74, 6) is 0. The summed E-state index contributed by atoms with van der Waals surface area (Å²) in [7, 11) is 0. The van der Waals surface area contributed by atoms with Crippen molar-refractivity contribution in [2.24, 2.45) is 0 Å². The number of thiol groups is 2. The van der Waals surface area contributed by atoms with Crippen LogP contribution in [0.4, 0.5) is 25.8 Å². The van der Waals surface area contributed by atoms with E-state index in [1.807, 2.05) is 45.0 Å². The number of ether oxygens (including phenoxy) is 4. The number of hydrogen-bond acceptors (Lipinski definition) is 10. The first-order valence-corrected chi connectivity index (χ1v) is 12.5. The number of carbonyl (C=O) groups is 3. The Balaban J connectivity index is 0.000000565. The van der Waals surface area contributed by atoms with Gasteiger partial charge < -0.3 is 24.7 Å². The van der Waals surface area contributed by atoms with Crippen LogP contribution in [0.2, 0.25) is 0 Å². The Morgan fingerprint density at radius 2 is 0.974 bits per heavy atom. The van der Waals surface area contributed by atoms with Gasteiger partial charge in [-0.2, -0.15) is 0 Å². The molecular weight excluding hydrogens is 528 g/mol. The molecule has 3 N–H and O–H groups in total. The van der Waals surface area contributed by atoms with Crippen LogP contribution in [0.15, 0.2) is 58.3 Å². The summed E-state index contributed by atoms with van der Waals surface area (Å²) in [6.45, 7) is 15.5. The van der Waals surface area contributed by atoms with E-state index in [9.17, 15) is 14.4 Å². The third-order valence-corrected chi connectivity index (χ3v) is 3.95. The van der Waals surface area contributed by atoms with E-state index in [1.54, 1.807) is 65.8 Å². The van der Waals surface area contributed by atoms with Gasteiger partial charge in [-0.3, -0.25) is 5.32 Å². The first-order chi connectivity index (χ1) is 17.1. The summed E-state index contributed by atoms with van der Waals surface area (Å²) in [5.41, 5.74) is 5.00. The van der Waals surface area contributed by atoms with Gasteiger partial charge in [0.25, 0.3) is 0 Å². The van der Waals surface area contributed by atoms with Crippen molar-refractivity contribution in [1.29, 1.82) is 0 Å². The van der Waals surface area contributed by atoms with Gasteiger partial charge >= 0.3 is 18.4 Å². The Labute approximate surface area is 236 Å². The highest BCUT2D eigenvalue weighted by Crippen LogP contribution is 2.14. The number of anilines is 2. The number of nitrogens with one attached hydrogen (secondary N) is 1. The summed E-state index contributed by atoms with van der Waals surface area (Å²) in [6.07, 6.45) is -2.57. The number of nitrogen functional groups attached to an aromatic ring is 1. The lowest BCUT2D eigenvalue weighted by Crippen LogP contribution is -2.29. The lowest BCUT2D eigenvalue weighted by Gasteiger charge is -2.20. The second-order valence-corrected chi connectivity index (χ2v) is 11.8. The molecule has 0 bridgehead atoms. The molecule has 0 spiro atoms. The highest BCUT2D eigenvalue weighted by Gasteiger charge is 2.24. The SMILES string of the molecule is CC(C)(C)OC(=O)Nc1ccc(S)cc1.CC(C)(C)OC(=O)OC(=O)OC(C)(C)C.Nc1ccc(S)cc1. The van der Waals surface area contributed by atoms with Crippen molar-refractivity contribution >= 4 is 55.0 Å². The fourth-order valence-electron chi connectivity index (χ4n) is 2.05. The number of carbonyl (C=O) groups excluding carboxylic acids is 3. The molecule has 9 nitrogen and oxygen atoms in total. The average molecular weight is 569 g/mol. The van der Waals surface area contributed by atoms with Gasteiger partial charge in [-0.15, -0.1) is 25.3 Å². The number of rotatable bonds is 1. The van der Waals surface area contributed by atoms with Crippen molar-refractivity contribution in [2.45, 2.75) is 88.9 Å². The fraction of sp³-hybridized carbons (Fsp3) is 0.444. The molecule has 0 saturated carbocycles. The smallest absolute Gasteiger partial charge is 0.444 e. The van der Waals surface area contributed by atoms with Gasteiger partial charge in [-0.25, -0.2) is 14.4 Å². The first-order valence-electron chi connectivity index (χ1n) is 11.6. The second kappa shape index (κ2) is 15.4. The minimum absolute atomic E-state index is 0.450. The lowest BCUT2D eigenvalue weighted by molar-refractivity contribution is -0.0294. The third kappa shape index (κ3) is 21.1. The van der Waals surface area contributed by atoms with E-state index in [0.717, 1.165) is 15.5 Å². The molecule has 38 heavy (non-hydrogen) atoms. The summed E-state index contributed by atoms with van der Waals surface area (Å²) in [5, 5.41) is 2.63. The molecule has 0 aromatic heterocycles. The van der Waals surface area contributed by atoms with Crippen molar-refractivity contribution in [1.82, 2.24) is 0 Å². The Morgan fingerprint density at radius 3 is 1.29 bits per heavy atom. The van der Waals surface area contributed by atoms with Crippen LogP contribution in [-0.4, -0.2) is 35.2 Å². The third-order valence-electron chi connectivity index (χ3n) is 3.35. The van der Waals surface area contributed by atoms with E-state index in [0.29, 0.717) is 5.69 Å². The van der Waals surface area contributed by atoms with Gasteiger partial charge in [0.05, 0.1) is 0 Å². The van der Waals surface area contributed by atoms with E-state index >= 15 is 0 Å². The fourth-order valence-corrected chi connectivity index (χ4v) is 2.35. The predicted molar refractivity (Wildman–Crippen MR) is 155 cm³/mol. The minimum Gasteiger partial charge on any atom is -0.444 e. The molecule has 0 fully saturated rings. The number of amides is 1. The molecule has 0 aliphatic heterocycles. The van der Waals surface area contributed by atoms with Crippen LogP contribution in [0.1, 0.15) is 62.3 Å². The van der Waals surface area contributed by atoms with E-state index < -0.39 is 35.2 Å². The molecule has 1 amide bonds.